The normalized spacial score (nSPS) is 24.5. The monoisotopic (exact) mass is 186 g/mol. The van der Waals surface area contributed by atoms with Gasteiger partial charge in [0.2, 0.25) is 0 Å². The maximum atomic E-state index is 8.77. The quantitative estimate of drug-likeness (QED) is 0.648. The molecule has 1 aliphatic rings. The van der Waals surface area contributed by atoms with E-state index in [2.05, 4.69) is 24.1 Å². The summed E-state index contributed by atoms with van der Waals surface area (Å²) < 4.78 is 0. The topological polar surface area (TPSA) is 35.5 Å². The number of likely N-dealkylation sites (tertiary alicyclic amines) is 1. The number of hydrogen-bond acceptors (Lipinski definition) is 3. The van der Waals surface area contributed by atoms with Crippen molar-refractivity contribution in [2.24, 2.45) is 5.92 Å². The van der Waals surface area contributed by atoms with E-state index in [9.17, 15) is 0 Å². The second-order valence-electron chi connectivity index (χ2n) is 4.31. The van der Waals surface area contributed by atoms with Gasteiger partial charge >= 0.3 is 0 Å². The molecule has 0 aromatic rings. The standard InChI is InChI=1S/C10H22N2O/c1-9(2)7-11-10-3-4-12(8-10)5-6-13/h9-11,13H,3-8H2,1-2H3. The van der Waals surface area contributed by atoms with Crippen molar-refractivity contribution in [3.05, 3.63) is 0 Å². The number of β-amino-alcohol motifs (C(OH)–C–C–N with tert-alkyl or cyclic N) is 1. The number of nitrogens with zero attached hydrogens (tertiary/aromatic N) is 1. The molecule has 0 saturated carbocycles. The zero-order valence-corrected chi connectivity index (χ0v) is 8.79. The fraction of sp³-hybridized carbons (Fsp3) is 1.00. The molecule has 13 heavy (non-hydrogen) atoms. The lowest BCUT2D eigenvalue weighted by Gasteiger charge is -2.16. The zero-order valence-electron chi connectivity index (χ0n) is 8.79. The second-order valence-corrected chi connectivity index (χ2v) is 4.31. The summed E-state index contributed by atoms with van der Waals surface area (Å²) in [5, 5.41) is 12.3. The molecule has 0 bridgehead atoms. The van der Waals surface area contributed by atoms with Crippen LogP contribution in [-0.2, 0) is 0 Å². The molecule has 0 aliphatic carbocycles. The van der Waals surface area contributed by atoms with Gasteiger partial charge in [-0.25, -0.2) is 0 Å². The molecule has 1 saturated heterocycles. The van der Waals surface area contributed by atoms with Crippen molar-refractivity contribution in [1.29, 1.82) is 0 Å². The van der Waals surface area contributed by atoms with Crippen LogP contribution in [0.1, 0.15) is 20.3 Å². The SMILES string of the molecule is CC(C)CNC1CCN(CCO)C1. The van der Waals surface area contributed by atoms with E-state index in [1.165, 1.54) is 6.42 Å². The fourth-order valence-corrected chi connectivity index (χ4v) is 1.75. The highest BCUT2D eigenvalue weighted by Gasteiger charge is 2.20. The third-order valence-corrected chi connectivity index (χ3v) is 2.50. The van der Waals surface area contributed by atoms with Crippen LogP contribution in [0.5, 0.6) is 0 Å². The van der Waals surface area contributed by atoms with Crippen LogP contribution in [0.15, 0.2) is 0 Å². The lowest BCUT2D eigenvalue weighted by molar-refractivity contribution is 0.218. The van der Waals surface area contributed by atoms with E-state index in [1.807, 2.05) is 0 Å². The molecule has 78 valence electrons. The first-order valence-electron chi connectivity index (χ1n) is 5.29. The van der Waals surface area contributed by atoms with Gasteiger partial charge in [-0.2, -0.15) is 0 Å². The third kappa shape index (κ3) is 4.07. The molecule has 0 aromatic carbocycles. The Morgan fingerprint density at radius 3 is 2.92 bits per heavy atom. The molecular weight excluding hydrogens is 164 g/mol. The number of hydrogen-bond donors (Lipinski definition) is 2. The molecule has 1 unspecified atom stereocenters. The van der Waals surface area contributed by atoms with E-state index in [0.29, 0.717) is 6.04 Å². The Morgan fingerprint density at radius 1 is 1.54 bits per heavy atom. The van der Waals surface area contributed by atoms with Gasteiger partial charge in [-0.05, 0) is 25.4 Å². The Morgan fingerprint density at radius 2 is 2.31 bits per heavy atom. The number of rotatable bonds is 5. The van der Waals surface area contributed by atoms with E-state index in [1.54, 1.807) is 0 Å². The molecule has 2 N–H and O–H groups in total. The van der Waals surface area contributed by atoms with E-state index in [0.717, 1.165) is 32.1 Å². The first-order valence-corrected chi connectivity index (χ1v) is 5.29. The van der Waals surface area contributed by atoms with E-state index in [-0.39, 0.29) is 6.61 Å². The molecule has 1 rings (SSSR count). The first kappa shape index (κ1) is 11.0. The molecule has 3 heteroatoms. The largest absolute Gasteiger partial charge is 0.395 e. The number of nitrogens with one attached hydrogen (secondary N) is 1. The lowest BCUT2D eigenvalue weighted by atomic mass is 10.2. The Balaban J connectivity index is 2.10. The maximum Gasteiger partial charge on any atom is 0.0558 e. The highest BCUT2D eigenvalue weighted by molar-refractivity contribution is 4.80. The third-order valence-electron chi connectivity index (χ3n) is 2.50. The molecule has 0 radical (unpaired) electrons. The minimum Gasteiger partial charge on any atom is -0.395 e. The Kier molecular flexibility index (Phi) is 4.70. The molecule has 1 aliphatic heterocycles. The summed E-state index contributed by atoms with van der Waals surface area (Å²) in [4.78, 5) is 2.32. The van der Waals surface area contributed by atoms with Crippen LogP contribution in [0.25, 0.3) is 0 Å². The van der Waals surface area contributed by atoms with E-state index < -0.39 is 0 Å². The van der Waals surface area contributed by atoms with E-state index in [4.69, 9.17) is 5.11 Å². The molecule has 1 heterocycles. The van der Waals surface area contributed by atoms with Gasteiger partial charge in [0.25, 0.3) is 0 Å². The van der Waals surface area contributed by atoms with Crippen LogP contribution in [0, 0.1) is 5.92 Å². The zero-order chi connectivity index (χ0) is 9.68. The van der Waals surface area contributed by atoms with Crippen molar-refractivity contribution in [2.75, 3.05) is 32.8 Å². The fourth-order valence-electron chi connectivity index (χ4n) is 1.75. The Labute approximate surface area is 81.1 Å². The molecule has 1 fully saturated rings. The summed E-state index contributed by atoms with van der Waals surface area (Å²) in [7, 11) is 0. The maximum absolute atomic E-state index is 8.77. The van der Waals surface area contributed by atoms with Crippen LogP contribution < -0.4 is 5.32 Å². The van der Waals surface area contributed by atoms with Gasteiger partial charge in [0.1, 0.15) is 0 Å². The van der Waals surface area contributed by atoms with E-state index >= 15 is 0 Å². The Bertz CT molecular complexity index is 139. The highest BCUT2D eigenvalue weighted by atomic mass is 16.3. The lowest BCUT2D eigenvalue weighted by Crippen LogP contribution is -2.35. The average Bonchev–Trinajstić information content (AvgIpc) is 2.50. The summed E-state index contributed by atoms with van der Waals surface area (Å²) in [6.07, 6.45) is 1.23. The molecular formula is C10H22N2O. The van der Waals surface area contributed by atoms with Crippen LogP contribution in [-0.4, -0.2) is 48.8 Å². The van der Waals surface area contributed by atoms with Crippen LogP contribution in [0.3, 0.4) is 0 Å². The molecule has 0 spiro atoms. The van der Waals surface area contributed by atoms with Crippen molar-refractivity contribution in [3.8, 4) is 0 Å². The smallest absolute Gasteiger partial charge is 0.0558 e. The van der Waals surface area contributed by atoms with Gasteiger partial charge in [-0.1, -0.05) is 13.8 Å². The van der Waals surface area contributed by atoms with Crippen LogP contribution >= 0.6 is 0 Å². The number of aliphatic hydroxyl groups is 1. The van der Waals surface area contributed by atoms with Crippen molar-refractivity contribution in [2.45, 2.75) is 26.3 Å². The molecule has 1 atom stereocenters. The summed E-state index contributed by atoms with van der Waals surface area (Å²) >= 11 is 0. The summed E-state index contributed by atoms with van der Waals surface area (Å²) in [6, 6.07) is 0.647. The van der Waals surface area contributed by atoms with Crippen molar-refractivity contribution >= 4 is 0 Å². The Hall–Kier alpha value is -0.120. The molecule has 3 nitrogen and oxygen atoms in total. The first-order chi connectivity index (χ1) is 6.22. The van der Waals surface area contributed by atoms with Gasteiger partial charge in [-0.15, -0.1) is 0 Å². The summed E-state index contributed by atoms with van der Waals surface area (Å²) in [6.45, 7) is 8.93. The summed E-state index contributed by atoms with van der Waals surface area (Å²) in [5.74, 6) is 0.729. The molecule has 0 aromatic heterocycles. The minimum absolute atomic E-state index is 0.289. The van der Waals surface area contributed by atoms with Gasteiger partial charge in [-0.3, -0.25) is 4.90 Å². The van der Waals surface area contributed by atoms with Crippen molar-refractivity contribution in [1.82, 2.24) is 10.2 Å². The van der Waals surface area contributed by atoms with Crippen LogP contribution in [0.2, 0.25) is 0 Å². The summed E-state index contributed by atoms with van der Waals surface area (Å²) in [5.41, 5.74) is 0. The highest BCUT2D eigenvalue weighted by Crippen LogP contribution is 2.08. The second kappa shape index (κ2) is 5.58. The minimum atomic E-state index is 0.289. The van der Waals surface area contributed by atoms with Gasteiger partial charge in [0, 0.05) is 19.1 Å². The average molecular weight is 186 g/mol. The van der Waals surface area contributed by atoms with Crippen LogP contribution in [0.4, 0.5) is 0 Å². The predicted molar refractivity (Wildman–Crippen MR) is 54.8 cm³/mol. The number of aliphatic hydroxyl groups excluding tert-OH is 1. The van der Waals surface area contributed by atoms with Crippen molar-refractivity contribution in [3.63, 3.8) is 0 Å². The van der Waals surface area contributed by atoms with Gasteiger partial charge in [0.15, 0.2) is 0 Å². The van der Waals surface area contributed by atoms with Gasteiger partial charge in [0.05, 0.1) is 6.61 Å². The molecule has 0 amide bonds. The van der Waals surface area contributed by atoms with Crippen molar-refractivity contribution < 1.29 is 5.11 Å². The van der Waals surface area contributed by atoms with Gasteiger partial charge < -0.3 is 10.4 Å². The predicted octanol–water partition coefficient (Wildman–Crippen LogP) is 0.299.